The summed E-state index contributed by atoms with van der Waals surface area (Å²) in [5.74, 6) is -0.194. The van der Waals surface area contributed by atoms with Gasteiger partial charge in [0.05, 0.1) is 0 Å². The molecule has 0 aromatic heterocycles. The minimum absolute atomic E-state index is 0.185. The molecule has 2 N–H and O–H groups in total. The number of benzene rings is 3. The third-order valence-corrected chi connectivity index (χ3v) is 4.17. The van der Waals surface area contributed by atoms with Crippen LogP contribution in [0, 0.1) is 6.92 Å². The molecule has 0 aliphatic heterocycles. The molecule has 3 rings (SSSR count). The molecule has 5 nitrogen and oxygen atoms in total. The van der Waals surface area contributed by atoms with Gasteiger partial charge in [0.1, 0.15) is 5.75 Å². The number of amides is 2. The maximum atomic E-state index is 12.5. The van der Waals surface area contributed by atoms with E-state index in [1.165, 1.54) is 0 Å². The van der Waals surface area contributed by atoms with Crippen molar-refractivity contribution >= 4 is 11.8 Å². The predicted octanol–water partition coefficient (Wildman–Crippen LogP) is 3.43. The zero-order chi connectivity index (χ0) is 19.8. The molecule has 0 radical (unpaired) electrons. The lowest BCUT2D eigenvalue weighted by Crippen LogP contribution is -2.44. The van der Waals surface area contributed by atoms with Crippen LogP contribution in [-0.2, 0) is 11.2 Å². The highest BCUT2D eigenvalue weighted by Gasteiger charge is 2.12. The monoisotopic (exact) mass is 374 g/mol. The second kappa shape index (κ2) is 9.37. The normalized spacial score (nSPS) is 10.2. The van der Waals surface area contributed by atoms with Gasteiger partial charge < -0.3 is 4.74 Å². The van der Waals surface area contributed by atoms with Gasteiger partial charge in [0.25, 0.3) is 11.8 Å². The lowest BCUT2D eigenvalue weighted by atomic mass is 9.99. The zero-order valence-corrected chi connectivity index (χ0v) is 15.6. The molecule has 0 atom stereocenters. The number of nitrogens with one attached hydrogen (secondary N) is 2. The fourth-order valence-electron chi connectivity index (χ4n) is 2.80. The summed E-state index contributed by atoms with van der Waals surface area (Å²) in [6.07, 6.45) is 0.634. The number of carbonyl (C=O) groups excluding carboxylic acids is 2. The van der Waals surface area contributed by atoms with Crippen LogP contribution in [-0.4, -0.2) is 18.4 Å². The quantitative estimate of drug-likeness (QED) is 0.650. The van der Waals surface area contributed by atoms with Gasteiger partial charge in [0.2, 0.25) is 0 Å². The van der Waals surface area contributed by atoms with E-state index in [0.717, 1.165) is 16.7 Å². The highest BCUT2D eigenvalue weighted by Crippen LogP contribution is 2.14. The fourth-order valence-corrected chi connectivity index (χ4v) is 2.80. The summed E-state index contributed by atoms with van der Waals surface area (Å²) >= 11 is 0. The van der Waals surface area contributed by atoms with E-state index >= 15 is 0 Å². The van der Waals surface area contributed by atoms with Crippen molar-refractivity contribution in [3.8, 4) is 5.75 Å². The molecule has 0 aliphatic rings. The Balaban J connectivity index is 1.55. The van der Waals surface area contributed by atoms with Crippen LogP contribution in [0.4, 0.5) is 0 Å². The number of rotatable bonds is 6. The summed E-state index contributed by atoms with van der Waals surface area (Å²) in [5, 5.41) is 0. The average molecular weight is 374 g/mol. The van der Waals surface area contributed by atoms with E-state index in [2.05, 4.69) is 10.9 Å². The maximum absolute atomic E-state index is 12.5. The first kappa shape index (κ1) is 19.2. The molecule has 5 heteroatoms. The highest BCUT2D eigenvalue weighted by molar-refractivity contribution is 5.96. The van der Waals surface area contributed by atoms with Gasteiger partial charge in [-0.15, -0.1) is 0 Å². The smallest absolute Gasteiger partial charge is 0.276 e. The molecular weight excluding hydrogens is 352 g/mol. The van der Waals surface area contributed by atoms with Crippen molar-refractivity contribution in [1.29, 1.82) is 0 Å². The van der Waals surface area contributed by atoms with Gasteiger partial charge in [0, 0.05) is 5.56 Å². The Bertz CT molecular complexity index is 955. The summed E-state index contributed by atoms with van der Waals surface area (Å²) in [7, 11) is 0. The highest BCUT2D eigenvalue weighted by atomic mass is 16.5. The molecule has 0 heterocycles. The van der Waals surface area contributed by atoms with Gasteiger partial charge in [-0.1, -0.05) is 60.7 Å². The number of ether oxygens (including phenoxy) is 1. The lowest BCUT2D eigenvalue weighted by molar-refractivity contribution is -0.123. The SMILES string of the molecule is Cc1cccc(OCC(=O)NNC(=O)c2ccccc2Cc2ccccc2)c1. The first-order valence-electron chi connectivity index (χ1n) is 9.02. The molecule has 0 saturated heterocycles. The second-order valence-corrected chi connectivity index (χ2v) is 6.43. The molecule has 0 saturated carbocycles. The molecule has 3 aromatic rings. The summed E-state index contributed by atoms with van der Waals surface area (Å²) in [4.78, 5) is 24.5. The molecule has 142 valence electrons. The molecule has 3 aromatic carbocycles. The van der Waals surface area contributed by atoms with Gasteiger partial charge in [0.15, 0.2) is 6.61 Å². The van der Waals surface area contributed by atoms with Gasteiger partial charge in [-0.05, 0) is 48.2 Å². The first-order valence-corrected chi connectivity index (χ1v) is 9.02. The van der Waals surface area contributed by atoms with Crippen LogP contribution in [0.3, 0.4) is 0 Å². The number of hydrogen-bond donors (Lipinski definition) is 2. The number of carbonyl (C=O) groups is 2. The van der Waals surface area contributed by atoms with Gasteiger partial charge in [-0.25, -0.2) is 0 Å². The predicted molar refractivity (Wildman–Crippen MR) is 108 cm³/mol. The Morgan fingerprint density at radius 3 is 2.39 bits per heavy atom. The summed E-state index contributed by atoms with van der Waals surface area (Å²) in [6, 6.07) is 24.7. The van der Waals surface area contributed by atoms with Crippen LogP contribution in [0.25, 0.3) is 0 Å². The van der Waals surface area contributed by atoms with Gasteiger partial charge in [-0.2, -0.15) is 0 Å². The van der Waals surface area contributed by atoms with Crippen molar-refractivity contribution in [2.75, 3.05) is 6.61 Å². The lowest BCUT2D eigenvalue weighted by Gasteiger charge is -2.12. The molecular formula is C23H22N2O3. The van der Waals surface area contributed by atoms with E-state index in [1.54, 1.807) is 18.2 Å². The average Bonchev–Trinajstić information content (AvgIpc) is 2.72. The molecule has 0 bridgehead atoms. The van der Waals surface area contributed by atoms with E-state index in [-0.39, 0.29) is 12.5 Å². The zero-order valence-electron chi connectivity index (χ0n) is 15.6. The van der Waals surface area contributed by atoms with Crippen molar-refractivity contribution in [3.63, 3.8) is 0 Å². The molecule has 0 unspecified atom stereocenters. The topological polar surface area (TPSA) is 67.4 Å². The fraction of sp³-hybridized carbons (Fsp3) is 0.130. The number of aryl methyl sites for hydroxylation is 1. The minimum atomic E-state index is -0.435. The van der Waals surface area contributed by atoms with E-state index in [9.17, 15) is 9.59 Å². The molecule has 2 amide bonds. The largest absolute Gasteiger partial charge is 0.484 e. The first-order chi connectivity index (χ1) is 13.6. The van der Waals surface area contributed by atoms with Crippen molar-refractivity contribution in [1.82, 2.24) is 10.9 Å². The Morgan fingerprint density at radius 1 is 0.857 bits per heavy atom. The van der Waals surface area contributed by atoms with E-state index in [4.69, 9.17) is 4.74 Å². The van der Waals surface area contributed by atoms with Crippen molar-refractivity contribution in [2.24, 2.45) is 0 Å². The van der Waals surface area contributed by atoms with Gasteiger partial charge >= 0.3 is 0 Å². The Kier molecular flexibility index (Phi) is 6.41. The van der Waals surface area contributed by atoms with Crippen LogP contribution in [0.2, 0.25) is 0 Å². The molecule has 0 fully saturated rings. The van der Waals surface area contributed by atoms with E-state index < -0.39 is 5.91 Å². The summed E-state index contributed by atoms with van der Waals surface area (Å²) < 4.78 is 5.43. The van der Waals surface area contributed by atoms with Crippen molar-refractivity contribution in [2.45, 2.75) is 13.3 Å². The van der Waals surface area contributed by atoms with Crippen LogP contribution >= 0.6 is 0 Å². The summed E-state index contributed by atoms with van der Waals surface area (Å²) in [5.41, 5.74) is 8.41. The summed E-state index contributed by atoms with van der Waals surface area (Å²) in [6.45, 7) is 1.76. The minimum Gasteiger partial charge on any atom is -0.484 e. The maximum Gasteiger partial charge on any atom is 0.276 e. The van der Waals surface area contributed by atoms with Crippen molar-refractivity contribution < 1.29 is 14.3 Å². The van der Waals surface area contributed by atoms with Gasteiger partial charge in [-0.3, -0.25) is 20.4 Å². The second-order valence-electron chi connectivity index (χ2n) is 6.43. The number of hydrazine groups is 1. The number of hydrogen-bond acceptors (Lipinski definition) is 3. The Morgan fingerprint density at radius 2 is 1.61 bits per heavy atom. The van der Waals surface area contributed by atoms with E-state index in [1.807, 2.05) is 67.6 Å². The van der Waals surface area contributed by atoms with Crippen LogP contribution in [0.1, 0.15) is 27.0 Å². The molecule has 0 spiro atoms. The molecule has 0 aliphatic carbocycles. The standard InChI is InChI=1S/C23H22N2O3/c1-17-8-7-12-20(14-17)28-16-22(26)24-25-23(27)21-13-6-5-11-19(21)15-18-9-3-2-4-10-18/h2-14H,15-16H2,1H3,(H,24,26)(H,25,27). The molecule has 28 heavy (non-hydrogen) atoms. The van der Waals surface area contributed by atoms with Crippen molar-refractivity contribution in [3.05, 3.63) is 101 Å². The Hall–Kier alpha value is -3.60. The van der Waals surface area contributed by atoms with Crippen LogP contribution in [0.15, 0.2) is 78.9 Å². The van der Waals surface area contributed by atoms with Crippen LogP contribution in [0.5, 0.6) is 5.75 Å². The Labute approximate surface area is 164 Å². The van der Waals surface area contributed by atoms with E-state index in [0.29, 0.717) is 17.7 Å². The third kappa shape index (κ3) is 5.45. The van der Waals surface area contributed by atoms with Crippen LogP contribution < -0.4 is 15.6 Å². The third-order valence-electron chi connectivity index (χ3n) is 4.17.